The fourth-order valence-electron chi connectivity index (χ4n) is 1.74. The number of nitrogens with zero attached hydrogens (tertiary/aromatic N) is 3. The lowest BCUT2D eigenvalue weighted by molar-refractivity contribution is -0.136. The van der Waals surface area contributed by atoms with Gasteiger partial charge in [-0.05, 0) is 18.4 Å². The molecule has 2 rings (SSSR count). The number of carboxylic acid groups (broad SMARTS) is 1. The number of rotatable bonds is 6. The van der Waals surface area contributed by atoms with E-state index in [1.807, 2.05) is 30.5 Å². The number of carboxylic acids is 1. The second-order valence-electron chi connectivity index (χ2n) is 4.23. The molecule has 7 nitrogen and oxygen atoms in total. The van der Waals surface area contributed by atoms with Crippen LogP contribution < -0.4 is 5.32 Å². The molecule has 0 aliphatic heterocycles. The second kappa shape index (κ2) is 6.89. The number of hydrogen-bond acceptors (Lipinski definition) is 5. The number of benzene rings is 1. The van der Waals surface area contributed by atoms with Crippen molar-refractivity contribution in [2.75, 3.05) is 11.6 Å². The number of hydrogen-bond donors (Lipinski definition) is 2. The third-order valence-corrected chi connectivity index (χ3v) is 3.40. The van der Waals surface area contributed by atoms with E-state index in [1.165, 1.54) is 22.6 Å². The van der Waals surface area contributed by atoms with Gasteiger partial charge in [0.05, 0.1) is 17.8 Å². The molecule has 1 aromatic carbocycles. The maximum atomic E-state index is 12.0. The Labute approximate surface area is 125 Å². The molecular weight excluding hydrogens is 292 g/mol. The lowest BCUT2D eigenvalue weighted by atomic mass is 10.3. The van der Waals surface area contributed by atoms with Crippen molar-refractivity contribution in [3.8, 4) is 0 Å². The van der Waals surface area contributed by atoms with Gasteiger partial charge in [0, 0.05) is 11.1 Å². The first kappa shape index (κ1) is 15.0. The third kappa shape index (κ3) is 4.32. The van der Waals surface area contributed by atoms with Crippen molar-refractivity contribution in [2.45, 2.75) is 17.9 Å². The fraction of sp³-hybridized carbons (Fsp3) is 0.231. The highest BCUT2D eigenvalue weighted by molar-refractivity contribution is 7.98. The van der Waals surface area contributed by atoms with Crippen LogP contribution in [0.2, 0.25) is 0 Å². The molecule has 110 valence electrons. The van der Waals surface area contributed by atoms with E-state index in [-0.39, 0.29) is 18.9 Å². The number of carbonyl (C=O) groups is 2. The van der Waals surface area contributed by atoms with Crippen LogP contribution in [0.15, 0.2) is 35.4 Å². The molecule has 0 saturated heterocycles. The molecule has 0 atom stereocenters. The molecule has 0 saturated carbocycles. The number of amides is 1. The zero-order valence-electron chi connectivity index (χ0n) is 11.3. The largest absolute Gasteiger partial charge is 0.481 e. The van der Waals surface area contributed by atoms with Gasteiger partial charge in [-0.2, -0.15) is 0 Å². The Morgan fingerprint density at radius 3 is 2.86 bits per heavy atom. The van der Waals surface area contributed by atoms with Crippen LogP contribution in [0.5, 0.6) is 0 Å². The van der Waals surface area contributed by atoms with Gasteiger partial charge in [0.2, 0.25) is 5.91 Å². The van der Waals surface area contributed by atoms with Crippen molar-refractivity contribution in [2.24, 2.45) is 0 Å². The Morgan fingerprint density at radius 2 is 2.14 bits per heavy atom. The molecule has 0 unspecified atom stereocenters. The standard InChI is InChI=1S/C13H14N4O3S/c1-21-11-5-3-2-4-10(11)14-12(18)8-17-7-9(15-16-17)6-13(19)20/h2-5,7H,6,8H2,1H3,(H,14,18)(H,19,20). The summed E-state index contributed by atoms with van der Waals surface area (Å²) in [7, 11) is 0. The van der Waals surface area contributed by atoms with Gasteiger partial charge in [0.25, 0.3) is 0 Å². The summed E-state index contributed by atoms with van der Waals surface area (Å²) in [6.45, 7) is -0.0185. The minimum atomic E-state index is -0.986. The van der Waals surface area contributed by atoms with Gasteiger partial charge in [-0.3, -0.25) is 9.59 Å². The Kier molecular flexibility index (Phi) is 4.94. The molecule has 21 heavy (non-hydrogen) atoms. The van der Waals surface area contributed by atoms with Gasteiger partial charge in [0.15, 0.2) is 0 Å². The minimum absolute atomic E-state index is 0.0185. The molecule has 1 amide bonds. The SMILES string of the molecule is CSc1ccccc1NC(=O)Cn1cc(CC(=O)O)nn1. The summed E-state index contributed by atoms with van der Waals surface area (Å²) in [6.07, 6.45) is 3.17. The molecule has 2 N–H and O–H groups in total. The van der Waals surface area contributed by atoms with Gasteiger partial charge < -0.3 is 10.4 Å². The highest BCUT2D eigenvalue weighted by Crippen LogP contribution is 2.24. The Hall–Kier alpha value is -2.35. The molecule has 0 bridgehead atoms. The van der Waals surface area contributed by atoms with Gasteiger partial charge in [-0.1, -0.05) is 17.3 Å². The van der Waals surface area contributed by atoms with Crippen LogP contribution >= 0.6 is 11.8 Å². The number of aromatic nitrogens is 3. The van der Waals surface area contributed by atoms with E-state index in [4.69, 9.17) is 5.11 Å². The van der Waals surface area contributed by atoms with E-state index >= 15 is 0 Å². The molecular formula is C13H14N4O3S. The zero-order valence-corrected chi connectivity index (χ0v) is 12.1. The van der Waals surface area contributed by atoms with Crippen LogP contribution in [0.1, 0.15) is 5.69 Å². The summed E-state index contributed by atoms with van der Waals surface area (Å²) in [5, 5.41) is 18.9. The van der Waals surface area contributed by atoms with E-state index < -0.39 is 5.97 Å². The average Bonchev–Trinajstić information content (AvgIpc) is 2.85. The maximum Gasteiger partial charge on any atom is 0.309 e. The maximum absolute atomic E-state index is 12.0. The van der Waals surface area contributed by atoms with Crippen LogP contribution in [-0.4, -0.2) is 38.2 Å². The fourth-order valence-corrected chi connectivity index (χ4v) is 2.29. The zero-order chi connectivity index (χ0) is 15.2. The summed E-state index contributed by atoms with van der Waals surface area (Å²) >= 11 is 1.54. The predicted molar refractivity (Wildman–Crippen MR) is 78.2 cm³/mol. The number of aliphatic carboxylic acids is 1. The molecule has 0 fully saturated rings. The number of nitrogens with one attached hydrogen (secondary N) is 1. The summed E-state index contributed by atoms with van der Waals surface area (Å²) in [5.41, 5.74) is 1.06. The van der Waals surface area contributed by atoms with E-state index in [2.05, 4.69) is 15.6 Å². The summed E-state index contributed by atoms with van der Waals surface area (Å²) in [4.78, 5) is 23.5. The molecule has 0 spiro atoms. The smallest absolute Gasteiger partial charge is 0.309 e. The van der Waals surface area contributed by atoms with Crippen LogP contribution in [0.25, 0.3) is 0 Å². The minimum Gasteiger partial charge on any atom is -0.481 e. The van der Waals surface area contributed by atoms with Crippen molar-refractivity contribution in [1.29, 1.82) is 0 Å². The van der Waals surface area contributed by atoms with Crippen LogP contribution in [0.3, 0.4) is 0 Å². The van der Waals surface area contributed by atoms with Crippen molar-refractivity contribution < 1.29 is 14.7 Å². The van der Waals surface area contributed by atoms with E-state index in [1.54, 1.807) is 0 Å². The van der Waals surface area contributed by atoms with Gasteiger partial charge in [-0.25, -0.2) is 4.68 Å². The van der Waals surface area contributed by atoms with E-state index in [9.17, 15) is 9.59 Å². The van der Waals surface area contributed by atoms with Crippen LogP contribution in [0.4, 0.5) is 5.69 Å². The first-order chi connectivity index (χ1) is 10.1. The summed E-state index contributed by atoms with van der Waals surface area (Å²) in [5.74, 6) is -1.23. The molecule has 1 aromatic heterocycles. The molecule has 0 aliphatic rings. The van der Waals surface area contributed by atoms with E-state index in [0.717, 1.165) is 10.6 Å². The Bertz CT molecular complexity index is 656. The predicted octanol–water partition coefficient (Wildman–Crippen LogP) is 1.27. The van der Waals surface area contributed by atoms with Crippen molar-refractivity contribution in [3.63, 3.8) is 0 Å². The van der Waals surface area contributed by atoms with Crippen molar-refractivity contribution in [1.82, 2.24) is 15.0 Å². The number of thioether (sulfide) groups is 1. The Morgan fingerprint density at radius 1 is 1.38 bits per heavy atom. The van der Waals surface area contributed by atoms with Crippen molar-refractivity contribution in [3.05, 3.63) is 36.2 Å². The summed E-state index contributed by atoms with van der Waals surface area (Å²) in [6, 6.07) is 7.48. The summed E-state index contributed by atoms with van der Waals surface area (Å²) < 4.78 is 1.31. The van der Waals surface area contributed by atoms with Gasteiger partial charge >= 0.3 is 5.97 Å². The molecule has 0 aliphatic carbocycles. The second-order valence-corrected chi connectivity index (χ2v) is 5.07. The average molecular weight is 306 g/mol. The molecule has 8 heteroatoms. The van der Waals surface area contributed by atoms with E-state index in [0.29, 0.717) is 5.69 Å². The van der Waals surface area contributed by atoms with Gasteiger partial charge in [-0.15, -0.1) is 16.9 Å². The number of para-hydroxylation sites is 1. The lowest BCUT2D eigenvalue weighted by Crippen LogP contribution is -2.19. The first-order valence-corrected chi connectivity index (χ1v) is 7.34. The topological polar surface area (TPSA) is 97.1 Å². The van der Waals surface area contributed by atoms with Crippen molar-refractivity contribution >= 4 is 29.3 Å². The van der Waals surface area contributed by atoms with Crippen LogP contribution in [0, 0.1) is 0 Å². The van der Waals surface area contributed by atoms with Gasteiger partial charge in [0.1, 0.15) is 6.54 Å². The quantitative estimate of drug-likeness (QED) is 0.780. The molecule has 2 aromatic rings. The van der Waals surface area contributed by atoms with Crippen LogP contribution in [-0.2, 0) is 22.6 Å². The normalized spacial score (nSPS) is 10.3. The number of anilines is 1. The highest BCUT2D eigenvalue weighted by Gasteiger charge is 2.10. The monoisotopic (exact) mass is 306 g/mol. The Balaban J connectivity index is 1.98. The highest BCUT2D eigenvalue weighted by atomic mass is 32.2. The molecule has 1 heterocycles. The first-order valence-electron chi connectivity index (χ1n) is 6.12. The lowest BCUT2D eigenvalue weighted by Gasteiger charge is -2.08. The number of carbonyl (C=O) groups excluding carboxylic acids is 1. The molecule has 0 radical (unpaired) electrons. The third-order valence-electron chi connectivity index (χ3n) is 2.61.